The summed E-state index contributed by atoms with van der Waals surface area (Å²) >= 11 is 0. The van der Waals surface area contributed by atoms with Crippen molar-refractivity contribution in [2.24, 2.45) is 0 Å². The van der Waals surface area contributed by atoms with Gasteiger partial charge in [-0.3, -0.25) is 14.4 Å². The van der Waals surface area contributed by atoms with Crippen LogP contribution in [0.4, 0.5) is 0 Å². The van der Waals surface area contributed by atoms with Gasteiger partial charge in [0.2, 0.25) is 0 Å². The summed E-state index contributed by atoms with van der Waals surface area (Å²) in [7, 11) is 0. The Balaban J connectivity index is 4.34. The number of esters is 3. The first kappa shape index (κ1) is 64.6. The second-order valence-electron chi connectivity index (χ2n) is 19.9. The highest BCUT2D eigenvalue weighted by molar-refractivity contribution is 5.71. The second-order valence-corrected chi connectivity index (χ2v) is 19.9. The molecular formula is C61H112O6. The quantitative estimate of drug-likeness (QED) is 0.0262. The van der Waals surface area contributed by atoms with Gasteiger partial charge in [0.1, 0.15) is 13.2 Å². The van der Waals surface area contributed by atoms with Gasteiger partial charge in [0.15, 0.2) is 6.10 Å². The molecule has 0 aliphatic heterocycles. The Hall–Kier alpha value is -2.37. The monoisotopic (exact) mass is 941 g/mol. The summed E-state index contributed by atoms with van der Waals surface area (Å²) in [5.74, 6) is -0.875. The predicted molar refractivity (Wildman–Crippen MR) is 289 cm³/mol. The van der Waals surface area contributed by atoms with E-state index in [-0.39, 0.29) is 31.1 Å². The summed E-state index contributed by atoms with van der Waals surface area (Å²) in [5.41, 5.74) is 0. The number of allylic oxidation sites excluding steroid dienone is 6. The molecule has 392 valence electrons. The molecule has 0 unspecified atom stereocenters. The highest BCUT2D eigenvalue weighted by Crippen LogP contribution is 2.17. The molecule has 0 radical (unpaired) electrons. The predicted octanol–water partition coefficient (Wildman–Crippen LogP) is 19.7. The van der Waals surface area contributed by atoms with Gasteiger partial charge in [-0.25, -0.2) is 0 Å². The lowest BCUT2D eigenvalue weighted by Gasteiger charge is -2.18. The van der Waals surface area contributed by atoms with Crippen LogP contribution < -0.4 is 0 Å². The summed E-state index contributed by atoms with van der Waals surface area (Å²) in [6.07, 6.45) is 67.0. The van der Waals surface area contributed by atoms with Crippen LogP contribution >= 0.6 is 0 Å². The van der Waals surface area contributed by atoms with Crippen LogP contribution in [0.15, 0.2) is 36.5 Å². The molecule has 0 saturated carbocycles. The molecule has 0 aliphatic carbocycles. The largest absolute Gasteiger partial charge is 0.462 e. The van der Waals surface area contributed by atoms with Crippen molar-refractivity contribution < 1.29 is 28.6 Å². The number of carbonyl (C=O) groups is 3. The number of ether oxygens (including phenoxy) is 3. The normalized spacial score (nSPS) is 12.2. The van der Waals surface area contributed by atoms with Crippen LogP contribution in [0.25, 0.3) is 0 Å². The van der Waals surface area contributed by atoms with Crippen LogP contribution in [-0.2, 0) is 28.6 Å². The minimum Gasteiger partial charge on any atom is -0.462 e. The van der Waals surface area contributed by atoms with Gasteiger partial charge in [-0.1, -0.05) is 263 Å². The third kappa shape index (κ3) is 54.4. The van der Waals surface area contributed by atoms with E-state index in [0.29, 0.717) is 19.3 Å². The van der Waals surface area contributed by atoms with E-state index in [2.05, 4.69) is 57.2 Å². The van der Waals surface area contributed by atoms with E-state index in [4.69, 9.17) is 14.2 Å². The van der Waals surface area contributed by atoms with Crippen LogP contribution in [0.5, 0.6) is 0 Å². The van der Waals surface area contributed by atoms with Gasteiger partial charge >= 0.3 is 17.9 Å². The Kier molecular flexibility index (Phi) is 54.2. The molecule has 0 rings (SSSR count). The molecular weight excluding hydrogens is 829 g/mol. The lowest BCUT2D eigenvalue weighted by atomic mass is 10.0. The molecule has 0 bridgehead atoms. The zero-order valence-electron chi connectivity index (χ0n) is 44.9. The van der Waals surface area contributed by atoms with Crippen LogP contribution in [-0.4, -0.2) is 37.2 Å². The van der Waals surface area contributed by atoms with Crippen LogP contribution in [0.2, 0.25) is 0 Å². The van der Waals surface area contributed by atoms with Crippen molar-refractivity contribution in [3.8, 4) is 0 Å². The standard InChI is InChI=1S/C61H112O6/c1-4-7-10-13-16-19-22-25-28-30-32-33-36-39-42-45-48-51-54-60(63)66-57-58(56-65-59(62)53-50-47-44-41-38-35-27-24-21-18-15-12-9-6-3)67-61(64)55-52-49-46-43-40-37-34-31-29-26-23-20-17-14-11-8-5-2/h15,18,24,26-27,29,58H,4-14,16-17,19-23,25,28,30-57H2,1-3H3/b18-15-,27-24-,29-26-/t58-/m1/s1. The molecule has 6 heteroatoms. The second kappa shape index (κ2) is 56.2. The topological polar surface area (TPSA) is 78.9 Å². The molecule has 0 N–H and O–H groups in total. The zero-order valence-corrected chi connectivity index (χ0v) is 44.9. The van der Waals surface area contributed by atoms with Gasteiger partial charge in [-0.05, 0) is 70.6 Å². The average molecular weight is 942 g/mol. The molecule has 6 nitrogen and oxygen atoms in total. The zero-order chi connectivity index (χ0) is 48.6. The maximum absolute atomic E-state index is 12.9. The molecule has 0 fully saturated rings. The van der Waals surface area contributed by atoms with E-state index in [1.165, 1.54) is 199 Å². The van der Waals surface area contributed by atoms with Crippen molar-refractivity contribution >= 4 is 17.9 Å². The minimum atomic E-state index is -0.777. The van der Waals surface area contributed by atoms with Gasteiger partial charge in [0.05, 0.1) is 0 Å². The van der Waals surface area contributed by atoms with Crippen molar-refractivity contribution in [3.05, 3.63) is 36.5 Å². The first-order chi connectivity index (χ1) is 33.0. The van der Waals surface area contributed by atoms with Crippen molar-refractivity contribution in [1.82, 2.24) is 0 Å². The summed E-state index contributed by atoms with van der Waals surface area (Å²) < 4.78 is 16.9. The lowest BCUT2D eigenvalue weighted by molar-refractivity contribution is -0.167. The van der Waals surface area contributed by atoms with Crippen molar-refractivity contribution in [2.75, 3.05) is 13.2 Å². The minimum absolute atomic E-state index is 0.0747. The molecule has 0 aliphatic rings. The molecule has 1 atom stereocenters. The summed E-state index contributed by atoms with van der Waals surface area (Å²) in [4.78, 5) is 38.2. The Labute approximate surface area is 416 Å². The van der Waals surface area contributed by atoms with Crippen LogP contribution in [0.1, 0.15) is 316 Å². The number of hydrogen-bond acceptors (Lipinski definition) is 6. The Morgan fingerprint density at radius 1 is 0.299 bits per heavy atom. The van der Waals surface area contributed by atoms with E-state index in [1.54, 1.807) is 0 Å². The van der Waals surface area contributed by atoms with Crippen molar-refractivity contribution in [3.63, 3.8) is 0 Å². The molecule has 0 aromatic heterocycles. The number of carbonyl (C=O) groups excluding carboxylic acids is 3. The highest BCUT2D eigenvalue weighted by atomic mass is 16.6. The molecule has 0 amide bonds. The molecule has 0 aromatic carbocycles. The smallest absolute Gasteiger partial charge is 0.306 e. The number of hydrogen-bond donors (Lipinski definition) is 0. The molecule has 0 saturated heterocycles. The van der Waals surface area contributed by atoms with Crippen LogP contribution in [0.3, 0.4) is 0 Å². The van der Waals surface area contributed by atoms with E-state index in [1.807, 2.05) is 0 Å². The molecule has 0 aromatic rings. The summed E-state index contributed by atoms with van der Waals surface area (Å²) in [6.45, 7) is 6.63. The van der Waals surface area contributed by atoms with Gasteiger partial charge < -0.3 is 14.2 Å². The fourth-order valence-electron chi connectivity index (χ4n) is 8.63. The van der Waals surface area contributed by atoms with E-state index < -0.39 is 6.10 Å². The van der Waals surface area contributed by atoms with E-state index in [0.717, 1.165) is 77.0 Å². The first-order valence-electron chi connectivity index (χ1n) is 29.5. The maximum Gasteiger partial charge on any atom is 0.306 e. The van der Waals surface area contributed by atoms with Crippen LogP contribution in [0, 0.1) is 0 Å². The Bertz CT molecular complexity index is 1130. The van der Waals surface area contributed by atoms with Gasteiger partial charge in [-0.15, -0.1) is 0 Å². The molecule has 0 spiro atoms. The highest BCUT2D eigenvalue weighted by Gasteiger charge is 2.19. The first-order valence-corrected chi connectivity index (χ1v) is 29.5. The Morgan fingerprint density at radius 2 is 0.552 bits per heavy atom. The third-order valence-electron chi connectivity index (χ3n) is 13.1. The SMILES string of the molecule is CCCC/C=C\C/C=C\CCCCCCCC(=O)OC[C@H](COC(=O)CCCCCCCCCCCCCCCCCCCC)OC(=O)CCCCCCCCC/C=C\CCCCCCCC. The van der Waals surface area contributed by atoms with E-state index >= 15 is 0 Å². The third-order valence-corrected chi connectivity index (χ3v) is 13.1. The molecule has 67 heavy (non-hydrogen) atoms. The number of rotatable bonds is 54. The fraction of sp³-hybridized carbons (Fsp3) is 0.852. The fourth-order valence-corrected chi connectivity index (χ4v) is 8.63. The summed E-state index contributed by atoms with van der Waals surface area (Å²) in [6, 6.07) is 0. The van der Waals surface area contributed by atoms with Gasteiger partial charge in [-0.2, -0.15) is 0 Å². The summed E-state index contributed by atoms with van der Waals surface area (Å²) in [5, 5.41) is 0. The van der Waals surface area contributed by atoms with Crippen molar-refractivity contribution in [1.29, 1.82) is 0 Å². The average Bonchev–Trinajstić information content (AvgIpc) is 3.33. The lowest BCUT2D eigenvalue weighted by Crippen LogP contribution is -2.30. The molecule has 0 heterocycles. The number of unbranched alkanes of at least 4 members (excludes halogenated alkanes) is 37. The van der Waals surface area contributed by atoms with Crippen molar-refractivity contribution in [2.45, 2.75) is 322 Å². The maximum atomic E-state index is 12.9. The van der Waals surface area contributed by atoms with E-state index in [9.17, 15) is 14.4 Å². The van der Waals surface area contributed by atoms with Gasteiger partial charge in [0, 0.05) is 19.3 Å². The van der Waals surface area contributed by atoms with Gasteiger partial charge in [0.25, 0.3) is 0 Å². The Morgan fingerprint density at radius 3 is 0.881 bits per heavy atom.